The van der Waals surface area contributed by atoms with Gasteiger partial charge in [-0.25, -0.2) is 4.79 Å². The summed E-state index contributed by atoms with van der Waals surface area (Å²) in [6.45, 7) is 0. The van der Waals surface area contributed by atoms with E-state index in [1.807, 2.05) is 6.07 Å². The molecule has 0 aliphatic heterocycles. The minimum atomic E-state index is -1.03. The van der Waals surface area contributed by atoms with Crippen LogP contribution in [0.3, 0.4) is 0 Å². The molecule has 0 amide bonds. The van der Waals surface area contributed by atoms with Gasteiger partial charge in [0.05, 0.1) is 11.1 Å². The number of hydrogen-bond acceptors (Lipinski definition) is 2. The number of benzene rings is 2. The number of carbonyl (C=O) groups is 1. The SMILES string of the molecule is N#Cc1cc(C(=O)O)c2ccccc2c1Br. The second kappa shape index (κ2) is 3.95. The van der Waals surface area contributed by atoms with Crippen molar-refractivity contribution in [1.29, 1.82) is 5.26 Å². The zero-order valence-electron chi connectivity index (χ0n) is 8.07. The van der Waals surface area contributed by atoms with Gasteiger partial charge in [0, 0.05) is 4.47 Å². The Morgan fingerprint density at radius 1 is 1.31 bits per heavy atom. The van der Waals surface area contributed by atoms with Gasteiger partial charge >= 0.3 is 5.97 Å². The lowest BCUT2D eigenvalue weighted by molar-refractivity contribution is 0.0699. The number of nitriles is 1. The van der Waals surface area contributed by atoms with Crippen molar-refractivity contribution in [1.82, 2.24) is 0 Å². The smallest absolute Gasteiger partial charge is 0.336 e. The summed E-state index contributed by atoms with van der Waals surface area (Å²) in [5.74, 6) is -1.03. The maximum Gasteiger partial charge on any atom is 0.336 e. The summed E-state index contributed by atoms with van der Waals surface area (Å²) in [6.07, 6.45) is 0. The zero-order valence-corrected chi connectivity index (χ0v) is 9.65. The lowest BCUT2D eigenvalue weighted by Gasteiger charge is -2.06. The monoisotopic (exact) mass is 275 g/mol. The van der Waals surface area contributed by atoms with E-state index >= 15 is 0 Å². The molecule has 0 fully saturated rings. The van der Waals surface area contributed by atoms with Gasteiger partial charge < -0.3 is 5.11 Å². The zero-order chi connectivity index (χ0) is 11.7. The summed E-state index contributed by atoms with van der Waals surface area (Å²) in [7, 11) is 0. The molecule has 1 N–H and O–H groups in total. The molecular weight excluding hydrogens is 270 g/mol. The number of hydrogen-bond donors (Lipinski definition) is 1. The van der Waals surface area contributed by atoms with Crippen LogP contribution in [0.2, 0.25) is 0 Å². The van der Waals surface area contributed by atoms with E-state index in [0.717, 1.165) is 5.39 Å². The van der Waals surface area contributed by atoms with Crippen molar-refractivity contribution in [3.63, 3.8) is 0 Å². The van der Waals surface area contributed by atoms with E-state index in [1.165, 1.54) is 6.07 Å². The summed E-state index contributed by atoms with van der Waals surface area (Å²) in [5, 5.41) is 19.3. The average molecular weight is 276 g/mol. The molecule has 0 saturated carbocycles. The number of nitrogens with zero attached hydrogens (tertiary/aromatic N) is 1. The molecule has 78 valence electrons. The molecule has 0 aromatic heterocycles. The first-order valence-corrected chi connectivity index (χ1v) is 5.29. The molecule has 0 atom stereocenters. The Kier molecular flexibility index (Phi) is 2.63. The number of fused-ring (bicyclic) bond motifs is 1. The lowest BCUT2D eigenvalue weighted by Crippen LogP contribution is -1.99. The van der Waals surface area contributed by atoms with Gasteiger partial charge in [-0.2, -0.15) is 5.26 Å². The van der Waals surface area contributed by atoms with Gasteiger partial charge in [0.25, 0.3) is 0 Å². The molecule has 0 heterocycles. The molecule has 2 aromatic rings. The lowest BCUT2D eigenvalue weighted by atomic mass is 10.0. The maximum absolute atomic E-state index is 11.1. The van der Waals surface area contributed by atoms with Gasteiger partial charge in [0.1, 0.15) is 6.07 Å². The van der Waals surface area contributed by atoms with Crippen LogP contribution in [0.1, 0.15) is 15.9 Å². The maximum atomic E-state index is 11.1. The number of aromatic carboxylic acids is 1. The highest BCUT2D eigenvalue weighted by Gasteiger charge is 2.13. The van der Waals surface area contributed by atoms with Gasteiger partial charge in [-0.1, -0.05) is 24.3 Å². The third kappa shape index (κ3) is 1.55. The first-order chi connectivity index (χ1) is 7.65. The normalized spacial score (nSPS) is 10.0. The van der Waals surface area contributed by atoms with Crippen molar-refractivity contribution >= 4 is 32.7 Å². The Labute approximate surface area is 100 Å². The first kappa shape index (κ1) is 10.7. The third-order valence-corrected chi connectivity index (χ3v) is 3.18. The Morgan fingerprint density at radius 2 is 1.94 bits per heavy atom. The molecule has 0 saturated heterocycles. The predicted molar refractivity (Wildman–Crippen MR) is 63.3 cm³/mol. The molecule has 0 unspecified atom stereocenters. The predicted octanol–water partition coefficient (Wildman–Crippen LogP) is 3.17. The molecule has 2 rings (SSSR count). The van der Waals surface area contributed by atoms with Gasteiger partial charge in [-0.15, -0.1) is 0 Å². The van der Waals surface area contributed by atoms with Crippen LogP contribution in [0.5, 0.6) is 0 Å². The fourth-order valence-electron chi connectivity index (χ4n) is 1.60. The standard InChI is InChI=1S/C12H6BrNO2/c13-11-7(6-14)5-10(12(15)16)8-3-1-2-4-9(8)11/h1-5H,(H,15,16). The van der Waals surface area contributed by atoms with Crippen LogP contribution < -0.4 is 0 Å². The van der Waals surface area contributed by atoms with Gasteiger partial charge in [-0.05, 0) is 32.8 Å². The van der Waals surface area contributed by atoms with E-state index in [4.69, 9.17) is 10.4 Å². The number of carboxylic acids is 1. The molecule has 0 radical (unpaired) electrons. The minimum Gasteiger partial charge on any atom is -0.478 e. The van der Waals surface area contributed by atoms with Crippen LogP contribution in [0.15, 0.2) is 34.8 Å². The Hall–Kier alpha value is -1.86. The van der Waals surface area contributed by atoms with Crippen LogP contribution in [-0.2, 0) is 0 Å². The second-order valence-electron chi connectivity index (χ2n) is 3.25. The van der Waals surface area contributed by atoms with E-state index in [2.05, 4.69) is 15.9 Å². The largest absolute Gasteiger partial charge is 0.478 e. The topological polar surface area (TPSA) is 61.1 Å². The highest BCUT2D eigenvalue weighted by molar-refractivity contribution is 9.10. The minimum absolute atomic E-state index is 0.148. The number of carboxylic acid groups (broad SMARTS) is 1. The highest BCUT2D eigenvalue weighted by Crippen LogP contribution is 2.30. The van der Waals surface area contributed by atoms with Crippen molar-refractivity contribution in [3.8, 4) is 6.07 Å². The molecule has 0 aliphatic rings. The summed E-state index contributed by atoms with van der Waals surface area (Å²) in [4.78, 5) is 11.1. The fraction of sp³-hybridized carbons (Fsp3) is 0. The van der Waals surface area contributed by atoms with Crippen LogP contribution in [0.4, 0.5) is 0 Å². The Bertz CT molecular complexity index is 629. The van der Waals surface area contributed by atoms with Crippen molar-refractivity contribution < 1.29 is 9.90 Å². The Balaban J connectivity index is 2.97. The van der Waals surface area contributed by atoms with Crippen molar-refractivity contribution in [2.45, 2.75) is 0 Å². The van der Waals surface area contributed by atoms with Gasteiger partial charge in [0.15, 0.2) is 0 Å². The highest BCUT2D eigenvalue weighted by atomic mass is 79.9. The number of halogens is 1. The molecule has 4 heteroatoms. The van der Waals surface area contributed by atoms with Gasteiger partial charge in [-0.3, -0.25) is 0 Å². The van der Waals surface area contributed by atoms with E-state index in [9.17, 15) is 4.79 Å². The van der Waals surface area contributed by atoms with Crippen LogP contribution in [0.25, 0.3) is 10.8 Å². The van der Waals surface area contributed by atoms with E-state index < -0.39 is 5.97 Å². The van der Waals surface area contributed by atoms with Crippen molar-refractivity contribution in [2.75, 3.05) is 0 Å². The van der Waals surface area contributed by atoms with Crippen molar-refractivity contribution in [3.05, 3.63) is 45.9 Å². The van der Waals surface area contributed by atoms with Crippen molar-refractivity contribution in [2.24, 2.45) is 0 Å². The molecule has 16 heavy (non-hydrogen) atoms. The molecule has 3 nitrogen and oxygen atoms in total. The molecule has 2 aromatic carbocycles. The molecular formula is C12H6BrNO2. The quantitative estimate of drug-likeness (QED) is 0.870. The molecule has 0 bridgehead atoms. The van der Waals surface area contributed by atoms with E-state index in [-0.39, 0.29) is 5.56 Å². The van der Waals surface area contributed by atoms with Crippen LogP contribution in [-0.4, -0.2) is 11.1 Å². The first-order valence-electron chi connectivity index (χ1n) is 4.50. The van der Waals surface area contributed by atoms with E-state index in [0.29, 0.717) is 15.4 Å². The Morgan fingerprint density at radius 3 is 2.50 bits per heavy atom. The fourth-order valence-corrected chi connectivity index (χ4v) is 2.15. The summed E-state index contributed by atoms with van der Waals surface area (Å²) in [5.41, 5.74) is 0.478. The molecule has 0 spiro atoms. The second-order valence-corrected chi connectivity index (χ2v) is 4.04. The third-order valence-electron chi connectivity index (χ3n) is 2.33. The number of rotatable bonds is 1. The van der Waals surface area contributed by atoms with E-state index in [1.54, 1.807) is 24.3 Å². The summed E-state index contributed by atoms with van der Waals surface area (Å²) < 4.78 is 0.635. The molecule has 0 aliphatic carbocycles. The summed E-state index contributed by atoms with van der Waals surface area (Å²) >= 11 is 3.31. The van der Waals surface area contributed by atoms with Gasteiger partial charge in [0.2, 0.25) is 0 Å². The van der Waals surface area contributed by atoms with Crippen LogP contribution in [0, 0.1) is 11.3 Å². The van der Waals surface area contributed by atoms with Crippen LogP contribution >= 0.6 is 15.9 Å². The summed E-state index contributed by atoms with van der Waals surface area (Å²) in [6, 6.07) is 10.4. The average Bonchev–Trinajstić information content (AvgIpc) is 2.29.